The van der Waals surface area contributed by atoms with Crippen LogP contribution in [-0.2, 0) is 7.05 Å². The molecule has 3 nitrogen and oxygen atoms in total. The number of aryl methyl sites for hydroxylation is 2. The van der Waals surface area contributed by atoms with Crippen molar-refractivity contribution in [2.75, 3.05) is 0 Å². The van der Waals surface area contributed by atoms with Crippen LogP contribution < -0.4 is 0 Å². The Labute approximate surface area is 114 Å². The molecule has 0 aliphatic carbocycles. The molecule has 0 aliphatic rings. The molecule has 20 heavy (non-hydrogen) atoms. The van der Waals surface area contributed by atoms with Gasteiger partial charge in [0.05, 0.1) is 11.9 Å². The molecule has 0 atom stereocenters. The van der Waals surface area contributed by atoms with E-state index in [9.17, 15) is 8.78 Å². The van der Waals surface area contributed by atoms with E-state index in [0.29, 0.717) is 16.7 Å². The number of pyridine rings is 1. The van der Waals surface area contributed by atoms with Crippen LogP contribution in [0.2, 0.25) is 0 Å². The molecule has 0 unspecified atom stereocenters. The lowest BCUT2D eigenvalue weighted by Gasteiger charge is -2.07. The third-order valence-electron chi connectivity index (χ3n) is 3.32. The van der Waals surface area contributed by atoms with Gasteiger partial charge in [0.25, 0.3) is 6.43 Å². The van der Waals surface area contributed by atoms with Crippen molar-refractivity contribution < 1.29 is 8.78 Å². The molecule has 0 amide bonds. The third-order valence-corrected chi connectivity index (χ3v) is 3.32. The maximum atomic E-state index is 13.2. The maximum absolute atomic E-state index is 13.2. The fourth-order valence-corrected chi connectivity index (χ4v) is 2.19. The van der Waals surface area contributed by atoms with E-state index in [2.05, 4.69) is 10.1 Å². The standard InChI is InChI=1S/C15H13F2N3/c1-9-3-5-10(6-4-9)13-7-11(14(16)17)12-8-18-20(2)15(12)19-13/h3-8,14H,1-2H3. The summed E-state index contributed by atoms with van der Waals surface area (Å²) in [5.74, 6) is 0. The van der Waals surface area contributed by atoms with Crippen molar-refractivity contribution in [2.45, 2.75) is 13.3 Å². The van der Waals surface area contributed by atoms with E-state index in [0.717, 1.165) is 11.1 Å². The third kappa shape index (κ3) is 2.05. The molecule has 0 fully saturated rings. The highest BCUT2D eigenvalue weighted by Gasteiger charge is 2.17. The van der Waals surface area contributed by atoms with Gasteiger partial charge in [-0.05, 0) is 13.0 Å². The van der Waals surface area contributed by atoms with E-state index in [1.165, 1.54) is 16.9 Å². The van der Waals surface area contributed by atoms with Gasteiger partial charge in [-0.2, -0.15) is 5.10 Å². The van der Waals surface area contributed by atoms with Crippen LogP contribution in [-0.4, -0.2) is 14.8 Å². The molecule has 2 heterocycles. The second-order valence-corrected chi connectivity index (χ2v) is 4.77. The summed E-state index contributed by atoms with van der Waals surface area (Å²) in [6.45, 7) is 1.98. The predicted molar refractivity (Wildman–Crippen MR) is 73.6 cm³/mol. The highest BCUT2D eigenvalue weighted by atomic mass is 19.3. The number of benzene rings is 1. The summed E-state index contributed by atoms with van der Waals surface area (Å²) in [6, 6.07) is 9.09. The van der Waals surface area contributed by atoms with Crippen molar-refractivity contribution in [3.05, 3.63) is 47.7 Å². The maximum Gasteiger partial charge on any atom is 0.264 e. The molecule has 0 bridgehead atoms. The van der Waals surface area contributed by atoms with Crippen molar-refractivity contribution in [3.63, 3.8) is 0 Å². The number of nitrogens with zero attached hydrogens (tertiary/aromatic N) is 3. The van der Waals surface area contributed by atoms with Crippen LogP contribution >= 0.6 is 0 Å². The summed E-state index contributed by atoms with van der Waals surface area (Å²) >= 11 is 0. The lowest BCUT2D eigenvalue weighted by Crippen LogP contribution is -1.96. The molecule has 0 saturated carbocycles. The predicted octanol–water partition coefficient (Wildman–Crippen LogP) is 3.88. The minimum absolute atomic E-state index is 0.0290. The van der Waals surface area contributed by atoms with Crippen LogP contribution in [0.1, 0.15) is 17.6 Å². The first kappa shape index (κ1) is 12.7. The molecule has 3 aromatic rings. The minimum atomic E-state index is -2.55. The van der Waals surface area contributed by atoms with Gasteiger partial charge in [-0.25, -0.2) is 13.8 Å². The Hall–Kier alpha value is -2.30. The van der Waals surface area contributed by atoms with Gasteiger partial charge < -0.3 is 0 Å². The van der Waals surface area contributed by atoms with E-state index in [1.54, 1.807) is 7.05 Å². The van der Waals surface area contributed by atoms with Gasteiger partial charge in [0.15, 0.2) is 5.65 Å². The van der Waals surface area contributed by atoms with E-state index in [-0.39, 0.29) is 5.56 Å². The van der Waals surface area contributed by atoms with Crippen molar-refractivity contribution in [1.82, 2.24) is 14.8 Å². The molecule has 102 valence electrons. The van der Waals surface area contributed by atoms with Crippen LogP contribution in [0, 0.1) is 6.92 Å². The smallest absolute Gasteiger partial charge is 0.250 e. The molecule has 3 rings (SSSR count). The normalized spacial score (nSPS) is 11.4. The van der Waals surface area contributed by atoms with Crippen LogP contribution in [0.4, 0.5) is 8.78 Å². The lowest BCUT2D eigenvalue weighted by atomic mass is 10.1. The summed E-state index contributed by atoms with van der Waals surface area (Å²) in [6.07, 6.45) is -1.11. The number of halogens is 2. The zero-order valence-corrected chi connectivity index (χ0v) is 11.1. The van der Waals surface area contributed by atoms with Gasteiger partial charge in [0.2, 0.25) is 0 Å². The summed E-state index contributed by atoms with van der Waals surface area (Å²) in [5.41, 5.74) is 2.92. The van der Waals surface area contributed by atoms with Crippen molar-refractivity contribution in [2.24, 2.45) is 7.05 Å². The molecular weight excluding hydrogens is 260 g/mol. The number of hydrogen-bond acceptors (Lipinski definition) is 2. The molecule has 0 saturated heterocycles. The number of aromatic nitrogens is 3. The van der Waals surface area contributed by atoms with Crippen LogP contribution in [0.15, 0.2) is 36.5 Å². The molecule has 5 heteroatoms. The first-order valence-electron chi connectivity index (χ1n) is 6.24. The quantitative estimate of drug-likeness (QED) is 0.709. The second-order valence-electron chi connectivity index (χ2n) is 4.77. The van der Waals surface area contributed by atoms with Crippen LogP contribution in [0.25, 0.3) is 22.3 Å². The van der Waals surface area contributed by atoms with Gasteiger partial charge in [-0.3, -0.25) is 4.68 Å². The largest absolute Gasteiger partial charge is 0.264 e. The fraction of sp³-hybridized carbons (Fsp3) is 0.200. The Morgan fingerprint density at radius 3 is 2.50 bits per heavy atom. The first-order valence-corrected chi connectivity index (χ1v) is 6.24. The monoisotopic (exact) mass is 273 g/mol. The average molecular weight is 273 g/mol. The van der Waals surface area contributed by atoms with Gasteiger partial charge in [0.1, 0.15) is 0 Å². The topological polar surface area (TPSA) is 30.7 Å². The fourth-order valence-electron chi connectivity index (χ4n) is 2.19. The Balaban J connectivity index is 2.26. The van der Waals surface area contributed by atoms with Gasteiger partial charge in [-0.1, -0.05) is 29.8 Å². The van der Waals surface area contributed by atoms with Crippen LogP contribution in [0.3, 0.4) is 0 Å². The number of hydrogen-bond donors (Lipinski definition) is 0. The highest BCUT2D eigenvalue weighted by molar-refractivity contribution is 5.82. The SMILES string of the molecule is Cc1ccc(-c2cc(C(F)F)c3cnn(C)c3n2)cc1. The summed E-state index contributed by atoms with van der Waals surface area (Å²) in [5, 5.41) is 4.41. The van der Waals surface area contributed by atoms with Gasteiger partial charge in [-0.15, -0.1) is 0 Å². The lowest BCUT2D eigenvalue weighted by molar-refractivity contribution is 0.153. The zero-order valence-electron chi connectivity index (χ0n) is 11.1. The minimum Gasteiger partial charge on any atom is -0.250 e. The molecule has 2 aromatic heterocycles. The Kier molecular flexibility index (Phi) is 2.97. The van der Waals surface area contributed by atoms with E-state index in [1.807, 2.05) is 31.2 Å². The summed E-state index contributed by atoms with van der Waals surface area (Å²) in [7, 11) is 1.70. The Bertz CT molecular complexity index is 761. The van der Waals surface area contributed by atoms with Crippen molar-refractivity contribution >= 4 is 11.0 Å². The summed E-state index contributed by atoms with van der Waals surface area (Å²) in [4.78, 5) is 4.44. The molecule has 0 radical (unpaired) electrons. The number of fused-ring (bicyclic) bond motifs is 1. The van der Waals surface area contributed by atoms with E-state index >= 15 is 0 Å². The highest BCUT2D eigenvalue weighted by Crippen LogP contribution is 2.30. The van der Waals surface area contributed by atoms with Gasteiger partial charge in [0, 0.05) is 23.6 Å². The van der Waals surface area contributed by atoms with Crippen molar-refractivity contribution in [3.8, 4) is 11.3 Å². The zero-order chi connectivity index (χ0) is 14.3. The molecule has 0 spiro atoms. The number of alkyl halides is 2. The molecular formula is C15H13F2N3. The Morgan fingerprint density at radius 1 is 1.15 bits per heavy atom. The van der Waals surface area contributed by atoms with E-state index < -0.39 is 6.43 Å². The summed E-state index contributed by atoms with van der Waals surface area (Å²) < 4.78 is 27.9. The van der Waals surface area contributed by atoms with E-state index in [4.69, 9.17) is 0 Å². The molecule has 0 aliphatic heterocycles. The van der Waals surface area contributed by atoms with Crippen molar-refractivity contribution in [1.29, 1.82) is 0 Å². The Morgan fingerprint density at radius 2 is 1.85 bits per heavy atom. The van der Waals surface area contributed by atoms with Crippen LogP contribution in [0.5, 0.6) is 0 Å². The molecule has 1 aromatic carbocycles. The first-order chi connectivity index (χ1) is 9.56. The average Bonchev–Trinajstić information content (AvgIpc) is 2.80. The molecule has 0 N–H and O–H groups in total. The number of rotatable bonds is 2. The van der Waals surface area contributed by atoms with Gasteiger partial charge >= 0.3 is 0 Å². The second kappa shape index (κ2) is 4.67.